The minimum Gasteiger partial charge on any atom is -0.368 e. The van der Waals surface area contributed by atoms with Gasteiger partial charge in [-0.1, -0.05) is 40.2 Å². The number of likely N-dealkylation sites (tertiary alicyclic amines) is 2. The lowest BCUT2D eigenvalue weighted by atomic mass is 9.96. The van der Waals surface area contributed by atoms with Gasteiger partial charge >= 0.3 is 0 Å². The number of carbonyl (C=O) groups is 4. The molecule has 4 amide bonds. The summed E-state index contributed by atoms with van der Waals surface area (Å²) in [7, 11) is 3.67. The third-order valence-corrected chi connectivity index (χ3v) is 7.38. The molecule has 198 valence electrons. The van der Waals surface area contributed by atoms with Crippen LogP contribution in [0.5, 0.6) is 0 Å². The molecule has 2 rings (SSSR count). The van der Waals surface area contributed by atoms with Gasteiger partial charge in [-0.05, 0) is 58.0 Å². The third kappa shape index (κ3) is 7.06. The first-order chi connectivity index (χ1) is 16.4. The number of nitrogens with two attached hydrogens (primary N) is 1. The van der Waals surface area contributed by atoms with E-state index in [2.05, 4.69) is 10.2 Å². The first kappa shape index (κ1) is 28.8. The van der Waals surface area contributed by atoms with Gasteiger partial charge in [-0.25, -0.2) is 0 Å². The molecule has 0 aliphatic carbocycles. The summed E-state index contributed by atoms with van der Waals surface area (Å²) in [6.07, 6.45) is 5.99. The van der Waals surface area contributed by atoms with E-state index in [9.17, 15) is 19.2 Å². The molecule has 2 heterocycles. The van der Waals surface area contributed by atoms with Crippen LogP contribution in [0, 0.1) is 11.8 Å². The van der Waals surface area contributed by atoms with Crippen LogP contribution in [0.2, 0.25) is 0 Å². The molecule has 9 nitrogen and oxygen atoms in total. The van der Waals surface area contributed by atoms with Crippen molar-refractivity contribution in [2.75, 3.05) is 27.2 Å². The van der Waals surface area contributed by atoms with E-state index < -0.39 is 18.0 Å². The Kier molecular flexibility index (Phi) is 10.3. The SMILES string of the molecule is CC(=C[C@H](C(C)C)N(C)C(=O)[C@@H](NC(=O)[C@H]1CCCCN1C)C(C)C)C(=O)N1CCC[C@H]1C(N)=O. The smallest absolute Gasteiger partial charge is 0.249 e. The molecule has 0 saturated carbocycles. The summed E-state index contributed by atoms with van der Waals surface area (Å²) >= 11 is 0. The molecule has 35 heavy (non-hydrogen) atoms. The zero-order valence-electron chi connectivity index (χ0n) is 22.5. The molecule has 2 fully saturated rings. The first-order valence-corrected chi connectivity index (χ1v) is 12.9. The number of hydrogen-bond acceptors (Lipinski definition) is 5. The molecule has 3 N–H and O–H groups in total. The molecule has 0 spiro atoms. The fourth-order valence-corrected chi connectivity index (χ4v) is 5.15. The largest absolute Gasteiger partial charge is 0.368 e. The van der Waals surface area contributed by atoms with Crippen molar-refractivity contribution >= 4 is 23.6 Å². The maximum Gasteiger partial charge on any atom is 0.249 e. The Morgan fingerprint density at radius 3 is 2.14 bits per heavy atom. The lowest BCUT2D eigenvalue weighted by Crippen LogP contribution is -2.57. The van der Waals surface area contributed by atoms with Crippen LogP contribution in [-0.4, -0.2) is 89.7 Å². The number of nitrogens with one attached hydrogen (secondary N) is 1. The van der Waals surface area contributed by atoms with Crippen LogP contribution in [0.1, 0.15) is 66.7 Å². The molecule has 9 heteroatoms. The van der Waals surface area contributed by atoms with Gasteiger partial charge in [-0.2, -0.15) is 0 Å². The Morgan fingerprint density at radius 1 is 0.971 bits per heavy atom. The summed E-state index contributed by atoms with van der Waals surface area (Å²) in [5, 5.41) is 3.01. The summed E-state index contributed by atoms with van der Waals surface area (Å²) in [6, 6.07) is -1.81. The second-order valence-electron chi connectivity index (χ2n) is 10.8. The summed E-state index contributed by atoms with van der Waals surface area (Å²) in [4.78, 5) is 56.7. The average Bonchev–Trinajstić information content (AvgIpc) is 3.29. The van der Waals surface area contributed by atoms with Gasteiger partial charge in [0, 0.05) is 19.2 Å². The molecule has 0 aromatic heterocycles. The van der Waals surface area contributed by atoms with E-state index in [1.807, 2.05) is 34.7 Å². The Hall–Kier alpha value is -2.42. The first-order valence-electron chi connectivity index (χ1n) is 12.9. The lowest BCUT2D eigenvalue weighted by molar-refractivity contribution is -0.139. The van der Waals surface area contributed by atoms with E-state index in [4.69, 9.17) is 5.73 Å². The van der Waals surface area contributed by atoms with Crippen molar-refractivity contribution in [3.05, 3.63) is 11.6 Å². The topological polar surface area (TPSA) is 116 Å². The Bertz CT molecular complexity index is 825. The number of piperidine rings is 1. The molecule has 0 radical (unpaired) electrons. The molecule has 0 aromatic carbocycles. The van der Waals surface area contributed by atoms with E-state index in [1.165, 1.54) is 4.90 Å². The maximum absolute atomic E-state index is 13.6. The van der Waals surface area contributed by atoms with E-state index in [0.29, 0.717) is 18.5 Å². The molecular formula is C26H45N5O4. The Labute approximate surface area is 210 Å². The minimum absolute atomic E-state index is 0.0326. The summed E-state index contributed by atoms with van der Waals surface area (Å²) in [5.74, 6) is -1.07. The van der Waals surface area contributed by atoms with Crippen molar-refractivity contribution in [2.24, 2.45) is 17.6 Å². The third-order valence-electron chi connectivity index (χ3n) is 7.38. The summed E-state index contributed by atoms with van der Waals surface area (Å²) in [6.45, 7) is 10.9. The van der Waals surface area contributed by atoms with Gasteiger partial charge in [-0.15, -0.1) is 0 Å². The number of amides is 4. The van der Waals surface area contributed by atoms with Crippen LogP contribution < -0.4 is 11.1 Å². The van der Waals surface area contributed by atoms with Crippen LogP contribution in [0.4, 0.5) is 0 Å². The van der Waals surface area contributed by atoms with Crippen LogP contribution >= 0.6 is 0 Å². The van der Waals surface area contributed by atoms with Gasteiger partial charge < -0.3 is 20.9 Å². The fourth-order valence-electron chi connectivity index (χ4n) is 5.15. The van der Waals surface area contributed by atoms with Gasteiger partial charge in [0.05, 0.1) is 12.1 Å². The predicted octanol–water partition coefficient (Wildman–Crippen LogP) is 1.52. The molecule has 2 aliphatic rings. The molecule has 0 unspecified atom stereocenters. The molecule has 0 bridgehead atoms. The van der Waals surface area contributed by atoms with Gasteiger partial charge in [-0.3, -0.25) is 24.1 Å². The van der Waals surface area contributed by atoms with E-state index in [1.54, 1.807) is 24.9 Å². The monoisotopic (exact) mass is 491 g/mol. The quantitative estimate of drug-likeness (QED) is 0.475. The van der Waals surface area contributed by atoms with E-state index >= 15 is 0 Å². The minimum atomic E-state index is -0.661. The predicted molar refractivity (Wildman–Crippen MR) is 136 cm³/mol. The van der Waals surface area contributed by atoms with Crippen LogP contribution in [-0.2, 0) is 19.2 Å². The number of nitrogens with zero attached hydrogens (tertiary/aromatic N) is 3. The van der Waals surface area contributed by atoms with Gasteiger partial charge in [0.2, 0.25) is 23.6 Å². The van der Waals surface area contributed by atoms with Crippen molar-refractivity contribution in [1.82, 2.24) is 20.0 Å². The highest BCUT2D eigenvalue weighted by Crippen LogP contribution is 2.22. The Morgan fingerprint density at radius 2 is 1.60 bits per heavy atom. The summed E-state index contributed by atoms with van der Waals surface area (Å²) < 4.78 is 0. The highest BCUT2D eigenvalue weighted by molar-refractivity contribution is 5.97. The zero-order valence-corrected chi connectivity index (χ0v) is 22.5. The summed E-state index contributed by atoms with van der Waals surface area (Å²) in [5.41, 5.74) is 5.96. The number of carbonyl (C=O) groups excluding carboxylic acids is 4. The van der Waals surface area contributed by atoms with Gasteiger partial charge in [0.15, 0.2) is 0 Å². The molecule has 2 saturated heterocycles. The average molecular weight is 492 g/mol. The number of rotatable bonds is 9. The lowest BCUT2D eigenvalue weighted by Gasteiger charge is -2.36. The molecule has 4 atom stereocenters. The van der Waals surface area contributed by atoms with Crippen molar-refractivity contribution < 1.29 is 19.2 Å². The van der Waals surface area contributed by atoms with Crippen LogP contribution in [0.25, 0.3) is 0 Å². The number of primary amides is 1. The number of likely N-dealkylation sites (N-methyl/N-ethyl adjacent to an activating group) is 2. The highest BCUT2D eigenvalue weighted by Gasteiger charge is 2.36. The van der Waals surface area contributed by atoms with Crippen molar-refractivity contribution in [1.29, 1.82) is 0 Å². The normalized spacial score (nSPS) is 23.3. The Balaban J connectivity index is 2.19. The van der Waals surface area contributed by atoms with E-state index in [-0.39, 0.29) is 41.6 Å². The zero-order chi connectivity index (χ0) is 26.4. The van der Waals surface area contributed by atoms with Crippen LogP contribution in [0.3, 0.4) is 0 Å². The van der Waals surface area contributed by atoms with Crippen molar-refractivity contribution in [3.63, 3.8) is 0 Å². The van der Waals surface area contributed by atoms with E-state index in [0.717, 1.165) is 32.2 Å². The standard InChI is InChI=1S/C26H45N5O4/c1-16(2)21(15-18(5)25(34)31-14-10-12-19(31)23(27)32)30(7)26(35)22(17(3)4)28-24(33)20-11-8-9-13-29(20)6/h15-17,19-22H,8-14H2,1-7H3,(H2,27,32)(H,28,33)/t19-,20+,21+,22-/m0/s1. The molecular weight excluding hydrogens is 446 g/mol. The maximum atomic E-state index is 13.6. The molecule has 0 aromatic rings. The second-order valence-corrected chi connectivity index (χ2v) is 10.8. The van der Waals surface area contributed by atoms with Crippen molar-refractivity contribution in [2.45, 2.75) is 90.9 Å². The van der Waals surface area contributed by atoms with Crippen molar-refractivity contribution in [3.8, 4) is 0 Å². The fraction of sp³-hybridized carbons (Fsp3) is 0.769. The van der Waals surface area contributed by atoms with Gasteiger partial charge in [0.25, 0.3) is 0 Å². The van der Waals surface area contributed by atoms with Crippen LogP contribution in [0.15, 0.2) is 11.6 Å². The van der Waals surface area contributed by atoms with Gasteiger partial charge in [0.1, 0.15) is 12.1 Å². The molecule has 2 aliphatic heterocycles. The number of hydrogen-bond donors (Lipinski definition) is 2. The highest BCUT2D eigenvalue weighted by atomic mass is 16.2. The second kappa shape index (κ2) is 12.5.